The van der Waals surface area contributed by atoms with Crippen LogP contribution in [0.5, 0.6) is 0 Å². The van der Waals surface area contributed by atoms with Crippen LogP contribution in [0.15, 0.2) is 60.7 Å². The number of nitrogens with two attached hydrogens (primary N) is 2. The van der Waals surface area contributed by atoms with E-state index in [1.807, 2.05) is 44.2 Å². The van der Waals surface area contributed by atoms with Crippen LogP contribution in [0, 0.1) is 0 Å². The maximum Gasteiger partial charge on any atom is 0.319 e. The van der Waals surface area contributed by atoms with Gasteiger partial charge in [0.1, 0.15) is 0 Å². The zero-order chi connectivity index (χ0) is 21.8. The van der Waals surface area contributed by atoms with Gasteiger partial charge < -0.3 is 22.1 Å². The zero-order valence-electron chi connectivity index (χ0n) is 16.7. The Labute approximate surface area is 180 Å². The molecule has 0 aliphatic heterocycles. The maximum atomic E-state index is 12.0. The van der Waals surface area contributed by atoms with Crippen LogP contribution in [-0.4, -0.2) is 18.0 Å². The number of nitrogen functional groups attached to an aromatic ring is 1. The van der Waals surface area contributed by atoms with Gasteiger partial charge in [-0.25, -0.2) is 4.79 Å². The van der Waals surface area contributed by atoms with Crippen LogP contribution in [0.25, 0.3) is 22.3 Å². The van der Waals surface area contributed by atoms with Gasteiger partial charge in [-0.1, -0.05) is 35.9 Å². The molecule has 7 heteroatoms. The second-order valence-corrected chi connectivity index (χ2v) is 7.62. The summed E-state index contributed by atoms with van der Waals surface area (Å²) in [5.41, 5.74) is 16.1. The molecule has 0 aliphatic rings. The number of benzene rings is 3. The number of amides is 3. The molecular weight excluding hydrogens is 400 g/mol. The van der Waals surface area contributed by atoms with Crippen LogP contribution in [0.4, 0.5) is 16.2 Å². The van der Waals surface area contributed by atoms with E-state index in [-0.39, 0.29) is 17.6 Å². The Balaban J connectivity index is 1.99. The Morgan fingerprint density at radius 1 is 0.900 bits per heavy atom. The third-order valence-corrected chi connectivity index (χ3v) is 4.75. The lowest BCUT2D eigenvalue weighted by atomic mass is 9.93. The minimum atomic E-state index is -0.604. The molecule has 3 aromatic carbocycles. The fourth-order valence-electron chi connectivity index (χ4n) is 3.07. The summed E-state index contributed by atoms with van der Waals surface area (Å²) in [6.07, 6.45) is 0. The van der Waals surface area contributed by atoms with E-state index in [0.717, 1.165) is 16.7 Å². The smallest absolute Gasteiger partial charge is 0.319 e. The lowest BCUT2D eigenvalue weighted by Gasteiger charge is -2.14. The first-order chi connectivity index (χ1) is 14.2. The van der Waals surface area contributed by atoms with E-state index < -0.39 is 5.91 Å². The summed E-state index contributed by atoms with van der Waals surface area (Å²) >= 11 is 5.98. The van der Waals surface area contributed by atoms with Crippen LogP contribution in [-0.2, 0) is 0 Å². The summed E-state index contributed by atoms with van der Waals surface area (Å²) in [5.74, 6) is -0.604. The van der Waals surface area contributed by atoms with Gasteiger partial charge in [0.15, 0.2) is 0 Å². The van der Waals surface area contributed by atoms with Crippen molar-refractivity contribution in [2.45, 2.75) is 19.9 Å². The van der Waals surface area contributed by atoms with Crippen LogP contribution in [0.1, 0.15) is 24.2 Å². The number of carbonyl (C=O) groups excluding carboxylic acids is 2. The zero-order valence-corrected chi connectivity index (χ0v) is 17.5. The highest BCUT2D eigenvalue weighted by molar-refractivity contribution is 6.30. The second kappa shape index (κ2) is 8.88. The van der Waals surface area contributed by atoms with Gasteiger partial charge in [0.25, 0.3) is 5.91 Å². The largest absolute Gasteiger partial charge is 0.398 e. The van der Waals surface area contributed by atoms with Gasteiger partial charge in [-0.3, -0.25) is 4.79 Å². The number of rotatable bonds is 5. The number of hydrogen-bond acceptors (Lipinski definition) is 3. The molecule has 0 aromatic heterocycles. The predicted molar refractivity (Wildman–Crippen MR) is 123 cm³/mol. The SMILES string of the molecule is CC(C)NC(=O)Nc1ccc(-c2cc(-c3ccc(Cl)cc3)cc(C(N)=O)c2N)cc1. The Kier molecular flexibility index (Phi) is 6.28. The molecule has 0 saturated heterocycles. The van der Waals surface area contributed by atoms with E-state index >= 15 is 0 Å². The number of urea groups is 1. The lowest BCUT2D eigenvalue weighted by molar-refractivity contribution is 0.100. The fraction of sp³-hybridized carbons (Fsp3) is 0.130. The molecule has 0 bridgehead atoms. The average Bonchev–Trinajstić information content (AvgIpc) is 2.68. The Morgan fingerprint density at radius 2 is 1.50 bits per heavy atom. The van der Waals surface area contributed by atoms with Crippen molar-refractivity contribution < 1.29 is 9.59 Å². The van der Waals surface area contributed by atoms with Gasteiger partial charge in [-0.15, -0.1) is 0 Å². The highest BCUT2D eigenvalue weighted by atomic mass is 35.5. The number of primary amides is 1. The first kappa shape index (κ1) is 21.2. The normalized spacial score (nSPS) is 10.7. The molecule has 0 saturated carbocycles. The fourth-order valence-corrected chi connectivity index (χ4v) is 3.19. The molecule has 3 aromatic rings. The molecule has 0 fully saturated rings. The van der Waals surface area contributed by atoms with Gasteiger partial charge in [0.2, 0.25) is 0 Å². The van der Waals surface area contributed by atoms with Gasteiger partial charge in [-0.2, -0.15) is 0 Å². The van der Waals surface area contributed by atoms with E-state index in [1.165, 1.54) is 0 Å². The number of carbonyl (C=O) groups is 2. The third kappa shape index (κ3) is 4.90. The van der Waals surface area contributed by atoms with Crippen LogP contribution in [0.2, 0.25) is 5.02 Å². The lowest BCUT2D eigenvalue weighted by Crippen LogP contribution is -2.34. The van der Waals surface area contributed by atoms with Crippen LogP contribution < -0.4 is 22.1 Å². The minimum absolute atomic E-state index is 0.0342. The summed E-state index contributed by atoms with van der Waals surface area (Å²) in [6, 6.07) is 17.8. The minimum Gasteiger partial charge on any atom is -0.398 e. The van der Waals surface area contributed by atoms with Crippen molar-refractivity contribution in [3.05, 3.63) is 71.2 Å². The Morgan fingerprint density at radius 3 is 2.07 bits per heavy atom. The van der Waals surface area contributed by atoms with E-state index in [9.17, 15) is 9.59 Å². The molecule has 0 unspecified atom stereocenters. The summed E-state index contributed by atoms with van der Waals surface area (Å²) < 4.78 is 0. The molecule has 0 radical (unpaired) electrons. The van der Waals surface area contributed by atoms with E-state index in [0.29, 0.717) is 22.0 Å². The van der Waals surface area contributed by atoms with Crippen molar-refractivity contribution in [1.82, 2.24) is 5.32 Å². The molecule has 30 heavy (non-hydrogen) atoms. The molecular formula is C23H23ClN4O2. The van der Waals surface area contributed by atoms with Gasteiger partial charge in [-0.05, 0) is 66.9 Å². The van der Waals surface area contributed by atoms with Crippen molar-refractivity contribution in [1.29, 1.82) is 0 Å². The first-order valence-corrected chi connectivity index (χ1v) is 9.79. The van der Waals surface area contributed by atoms with Crippen molar-refractivity contribution >= 4 is 34.9 Å². The number of nitrogens with one attached hydrogen (secondary N) is 2. The maximum absolute atomic E-state index is 12.0. The Hall–Kier alpha value is -3.51. The monoisotopic (exact) mass is 422 g/mol. The average molecular weight is 423 g/mol. The van der Waals surface area contributed by atoms with Crippen molar-refractivity contribution in [2.24, 2.45) is 5.73 Å². The number of hydrogen-bond donors (Lipinski definition) is 4. The van der Waals surface area contributed by atoms with Crippen LogP contribution in [0.3, 0.4) is 0 Å². The molecule has 3 amide bonds. The molecule has 0 spiro atoms. The third-order valence-electron chi connectivity index (χ3n) is 4.50. The number of anilines is 2. The van der Waals surface area contributed by atoms with Crippen molar-refractivity contribution in [3.63, 3.8) is 0 Å². The summed E-state index contributed by atoms with van der Waals surface area (Å²) in [5, 5.41) is 6.16. The van der Waals surface area contributed by atoms with Gasteiger partial charge >= 0.3 is 6.03 Å². The topological polar surface area (TPSA) is 110 Å². The molecule has 0 heterocycles. The van der Waals surface area contributed by atoms with Crippen molar-refractivity contribution in [3.8, 4) is 22.3 Å². The molecule has 6 nitrogen and oxygen atoms in total. The standard InChI is InChI=1S/C23H23ClN4O2/c1-13(2)27-23(30)28-18-9-5-15(6-10-18)19-11-16(12-20(21(19)25)22(26)29)14-3-7-17(24)8-4-14/h3-13H,25H2,1-2H3,(H2,26,29)(H2,27,28,30). The first-order valence-electron chi connectivity index (χ1n) is 9.42. The van der Waals surface area contributed by atoms with Gasteiger partial charge in [0.05, 0.1) is 11.3 Å². The molecule has 3 rings (SSSR count). The molecule has 0 atom stereocenters. The van der Waals surface area contributed by atoms with E-state index in [4.69, 9.17) is 23.1 Å². The second-order valence-electron chi connectivity index (χ2n) is 7.19. The summed E-state index contributed by atoms with van der Waals surface area (Å²) in [6.45, 7) is 3.77. The molecule has 0 aliphatic carbocycles. The summed E-state index contributed by atoms with van der Waals surface area (Å²) in [7, 11) is 0. The van der Waals surface area contributed by atoms with Crippen molar-refractivity contribution in [2.75, 3.05) is 11.1 Å². The number of halogens is 1. The highest BCUT2D eigenvalue weighted by Gasteiger charge is 2.15. The van der Waals surface area contributed by atoms with Crippen LogP contribution >= 0.6 is 11.6 Å². The highest BCUT2D eigenvalue weighted by Crippen LogP contribution is 2.35. The van der Waals surface area contributed by atoms with E-state index in [2.05, 4.69) is 10.6 Å². The Bertz CT molecular complexity index is 1080. The summed E-state index contributed by atoms with van der Waals surface area (Å²) in [4.78, 5) is 23.8. The van der Waals surface area contributed by atoms with E-state index in [1.54, 1.807) is 30.3 Å². The quantitative estimate of drug-likeness (QED) is 0.439. The predicted octanol–water partition coefficient (Wildman–Crippen LogP) is 4.89. The van der Waals surface area contributed by atoms with Gasteiger partial charge in [0, 0.05) is 22.3 Å². The molecule has 6 N–H and O–H groups in total. The molecule has 154 valence electrons.